The lowest BCUT2D eigenvalue weighted by atomic mass is 9.76. The Bertz CT molecular complexity index is 1470. The molecule has 0 bridgehead atoms. The number of fused-ring (bicyclic) bond motifs is 3. The van der Waals surface area contributed by atoms with Gasteiger partial charge in [-0.1, -0.05) is 77.8 Å². The van der Waals surface area contributed by atoms with Crippen molar-refractivity contribution in [2.45, 2.75) is 31.9 Å². The van der Waals surface area contributed by atoms with Gasteiger partial charge in [-0.3, -0.25) is 4.99 Å². The molecule has 1 aliphatic carbocycles. The number of nitrogens with zero attached hydrogens (tertiary/aromatic N) is 1. The first-order chi connectivity index (χ1) is 18.1. The molecule has 1 N–H and O–H groups in total. The number of aliphatic imine (C=N–C) groups is 1. The molecule has 6 rings (SSSR count). The molecule has 37 heavy (non-hydrogen) atoms. The molecule has 0 saturated heterocycles. The SMILES string of the molecule is Cc1ccc2c(c1)[C@@H]1C=CC[C@@H]1[C@@H](c1ccc(N=Cc3ccccc3OCc3cccc(Cl)c3)cc1)N2. The second kappa shape index (κ2) is 10.3. The van der Waals surface area contributed by atoms with Crippen LogP contribution in [0.4, 0.5) is 11.4 Å². The van der Waals surface area contributed by atoms with Crippen molar-refractivity contribution in [2.75, 3.05) is 5.32 Å². The van der Waals surface area contributed by atoms with E-state index in [-0.39, 0.29) is 6.04 Å². The van der Waals surface area contributed by atoms with Crippen LogP contribution in [0.3, 0.4) is 0 Å². The lowest BCUT2D eigenvalue weighted by Crippen LogP contribution is -2.29. The second-order valence-electron chi connectivity index (χ2n) is 9.87. The van der Waals surface area contributed by atoms with Gasteiger partial charge in [0, 0.05) is 28.4 Å². The second-order valence-corrected chi connectivity index (χ2v) is 10.3. The van der Waals surface area contributed by atoms with E-state index in [0.29, 0.717) is 23.5 Å². The van der Waals surface area contributed by atoms with Crippen LogP contribution in [0.25, 0.3) is 0 Å². The third-order valence-electron chi connectivity index (χ3n) is 7.33. The van der Waals surface area contributed by atoms with Crippen LogP contribution in [0.1, 0.15) is 46.2 Å². The minimum atomic E-state index is 0.286. The molecule has 4 aromatic rings. The molecule has 3 nitrogen and oxygen atoms in total. The number of ether oxygens (including phenoxy) is 1. The predicted octanol–water partition coefficient (Wildman–Crippen LogP) is 8.80. The summed E-state index contributed by atoms with van der Waals surface area (Å²) < 4.78 is 6.08. The van der Waals surface area contributed by atoms with Gasteiger partial charge in [-0.2, -0.15) is 0 Å². The van der Waals surface area contributed by atoms with Gasteiger partial charge in [0.1, 0.15) is 12.4 Å². The van der Waals surface area contributed by atoms with E-state index in [9.17, 15) is 0 Å². The smallest absolute Gasteiger partial charge is 0.128 e. The van der Waals surface area contributed by atoms with Crippen LogP contribution < -0.4 is 10.1 Å². The summed E-state index contributed by atoms with van der Waals surface area (Å²) in [7, 11) is 0. The van der Waals surface area contributed by atoms with Crippen LogP contribution in [-0.4, -0.2) is 6.21 Å². The minimum absolute atomic E-state index is 0.286. The molecule has 4 heteroatoms. The van der Waals surface area contributed by atoms with E-state index < -0.39 is 0 Å². The number of hydrogen-bond acceptors (Lipinski definition) is 3. The fourth-order valence-electron chi connectivity index (χ4n) is 5.46. The van der Waals surface area contributed by atoms with Crippen LogP contribution in [0.2, 0.25) is 5.02 Å². The molecule has 1 heterocycles. The Kier molecular flexibility index (Phi) is 6.55. The molecule has 3 atom stereocenters. The first-order valence-electron chi connectivity index (χ1n) is 12.8. The molecular weight excluding hydrogens is 476 g/mol. The highest BCUT2D eigenvalue weighted by atomic mass is 35.5. The van der Waals surface area contributed by atoms with Crippen LogP contribution in [0, 0.1) is 12.8 Å². The molecule has 0 spiro atoms. The maximum Gasteiger partial charge on any atom is 0.128 e. The Morgan fingerprint density at radius 2 is 1.84 bits per heavy atom. The highest BCUT2D eigenvalue weighted by Crippen LogP contribution is 2.50. The van der Waals surface area contributed by atoms with Gasteiger partial charge < -0.3 is 10.1 Å². The molecular formula is C33H29ClN2O. The van der Waals surface area contributed by atoms with Crippen molar-refractivity contribution in [1.82, 2.24) is 0 Å². The fraction of sp³-hybridized carbons (Fsp3) is 0.182. The fourth-order valence-corrected chi connectivity index (χ4v) is 5.67. The van der Waals surface area contributed by atoms with Gasteiger partial charge in [0.2, 0.25) is 0 Å². The molecule has 0 aromatic heterocycles. The molecule has 4 aromatic carbocycles. The van der Waals surface area contributed by atoms with Gasteiger partial charge >= 0.3 is 0 Å². The summed E-state index contributed by atoms with van der Waals surface area (Å²) in [6.45, 7) is 2.62. The van der Waals surface area contributed by atoms with Crippen LogP contribution in [-0.2, 0) is 6.61 Å². The summed E-state index contributed by atoms with van der Waals surface area (Å²) in [5.41, 5.74) is 8.18. The van der Waals surface area contributed by atoms with Crippen LogP contribution >= 0.6 is 11.6 Å². The largest absolute Gasteiger partial charge is 0.488 e. The van der Waals surface area contributed by atoms with E-state index in [1.807, 2.05) is 54.7 Å². The third kappa shape index (κ3) is 5.05. The molecule has 0 saturated carbocycles. The predicted molar refractivity (Wildman–Crippen MR) is 153 cm³/mol. The van der Waals surface area contributed by atoms with Crippen LogP contribution in [0.5, 0.6) is 5.75 Å². The first kappa shape index (κ1) is 23.6. The van der Waals surface area contributed by atoms with Crippen molar-refractivity contribution in [1.29, 1.82) is 0 Å². The van der Waals surface area contributed by atoms with E-state index in [1.54, 1.807) is 0 Å². The molecule has 1 aliphatic heterocycles. The number of allylic oxidation sites excluding steroid dienone is 2. The van der Waals surface area contributed by atoms with Crippen molar-refractivity contribution in [3.8, 4) is 5.75 Å². The van der Waals surface area contributed by atoms with Crippen molar-refractivity contribution < 1.29 is 4.74 Å². The summed E-state index contributed by atoms with van der Waals surface area (Å²) in [6.07, 6.45) is 7.70. The summed E-state index contributed by atoms with van der Waals surface area (Å²) >= 11 is 6.11. The molecule has 0 fully saturated rings. The zero-order valence-corrected chi connectivity index (χ0v) is 21.5. The Labute approximate surface area is 223 Å². The van der Waals surface area contributed by atoms with Gasteiger partial charge in [0.05, 0.1) is 11.7 Å². The molecule has 0 amide bonds. The van der Waals surface area contributed by atoms with Gasteiger partial charge in [-0.25, -0.2) is 0 Å². The lowest BCUT2D eigenvalue weighted by molar-refractivity contribution is 0.306. The maximum absolute atomic E-state index is 6.11. The number of para-hydroxylation sites is 1. The average Bonchev–Trinajstić information content (AvgIpc) is 3.42. The number of halogens is 1. The van der Waals surface area contributed by atoms with Crippen molar-refractivity contribution in [3.05, 3.63) is 136 Å². The monoisotopic (exact) mass is 504 g/mol. The van der Waals surface area contributed by atoms with E-state index in [1.165, 1.54) is 22.4 Å². The summed E-state index contributed by atoms with van der Waals surface area (Å²) in [4.78, 5) is 4.75. The molecule has 0 radical (unpaired) electrons. The number of nitrogens with one attached hydrogen (secondary N) is 1. The Morgan fingerprint density at radius 1 is 0.973 bits per heavy atom. The number of hydrogen-bond donors (Lipinski definition) is 1. The highest BCUT2D eigenvalue weighted by molar-refractivity contribution is 6.30. The quantitative estimate of drug-likeness (QED) is 0.210. The number of rotatable bonds is 6. The van der Waals surface area contributed by atoms with Gasteiger partial charge in [-0.15, -0.1) is 0 Å². The summed E-state index contributed by atoms with van der Waals surface area (Å²) in [6, 6.07) is 31.3. The maximum atomic E-state index is 6.11. The zero-order valence-electron chi connectivity index (χ0n) is 20.8. The number of anilines is 1. The van der Waals surface area contributed by atoms with Gasteiger partial charge in [0.25, 0.3) is 0 Å². The summed E-state index contributed by atoms with van der Waals surface area (Å²) in [5, 5.41) is 4.53. The van der Waals surface area contributed by atoms with Crippen molar-refractivity contribution >= 4 is 29.2 Å². The highest BCUT2D eigenvalue weighted by Gasteiger charge is 2.37. The van der Waals surface area contributed by atoms with E-state index in [4.69, 9.17) is 21.3 Å². The van der Waals surface area contributed by atoms with E-state index in [0.717, 1.165) is 29.0 Å². The van der Waals surface area contributed by atoms with Crippen molar-refractivity contribution in [2.24, 2.45) is 10.9 Å². The number of benzene rings is 4. The lowest BCUT2D eigenvalue weighted by Gasteiger charge is -2.37. The van der Waals surface area contributed by atoms with Crippen molar-refractivity contribution in [3.63, 3.8) is 0 Å². The molecule has 184 valence electrons. The topological polar surface area (TPSA) is 33.6 Å². The van der Waals surface area contributed by atoms with Gasteiger partial charge in [0.15, 0.2) is 0 Å². The van der Waals surface area contributed by atoms with Gasteiger partial charge in [-0.05, 0) is 78.4 Å². The third-order valence-corrected chi connectivity index (χ3v) is 7.56. The average molecular weight is 505 g/mol. The Hall–Kier alpha value is -3.82. The number of aryl methyl sites for hydroxylation is 1. The summed E-state index contributed by atoms with van der Waals surface area (Å²) in [5.74, 6) is 1.80. The Balaban J connectivity index is 1.17. The molecule has 2 aliphatic rings. The first-order valence-corrected chi connectivity index (χ1v) is 13.2. The zero-order chi connectivity index (χ0) is 25.2. The normalized spacial score (nSPS) is 19.9. The standard InChI is InChI=1S/C33H29ClN2O/c1-22-12-17-31-30(18-22)28-9-5-10-29(28)33(36-31)24-13-15-27(16-14-24)35-20-25-7-2-3-11-32(25)37-21-23-6-4-8-26(34)19-23/h2-9,11-20,28-29,33,36H,10,21H2,1H3/t28-,29+,33-/m1/s1. The van der Waals surface area contributed by atoms with E-state index in [2.05, 4.69) is 66.9 Å². The molecule has 0 unspecified atom stereocenters. The minimum Gasteiger partial charge on any atom is -0.488 e. The van der Waals surface area contributed by atoms with E-state index >= 15 is 0 Å². The Morgan fingerprint density at radius 3 is 2.70 bits per heavy atom. The van der Waals surface area contributed by atoms with Crippen LogP contribution in [0.15, 0.2) is 108 Å².